The molecule has 0 spiro atoms. The van der Waals surface area contributed by atoms with Gasteiger partial charge in [-0.25, -0.2) is 9.78 Å². The van der Waals surface area contributed by atoms with Crippen LogP contribution in [0.25, 0.3) is 0 Å². The van der Waals surface area contributed by atoms with Crippen LogP contribution >= 0.6 is 0 Å². The molecule has 0 atom stereocenters. The molecule has 2 N–H and O–H groups in total. The lowest BCUT2D eigenvalue weighted by Crippen LogP contribution is -2.27. The first-order valence-electron chi connectivity index (χ1n) is 7.36. The van der Waals surface area contributed by atoms with Crippen molar-refractivity contribution in [3.63, 3.8) is 0 Å². The number of nitrogens with zero attached hydrogens (tertiary/aromatic N) is 2. The van der Waals surface area contributed by atoms with Gasteiger partial charge in [-0.3, -0.25) is 10.1 Å². The first kappa shape index (κ1) is 17.5. The molecule has 0 aliphatic carbocycles. The average molecular weight is 332 g/mol. The monoisotopic (exact) mass is 332 g/mol. The number of amides is 2. The number of pyridine rings is 1. The van der Waals surface area contributed by atoms with Crippen LogP contribution in [0.2, 0.25) is 0 Å². The largest absolute Gasteiger partial charge is 0.444 e. The first-order chi connectivity index (χ1) is 11.2. The highest BCUT2D eigenvalue weighted by atomic mass is 16.6. The van der Waals surface area contributed by atoms with Gasteiger partial charge in [-0.1, -0.05) is 5.16 Å². The van der Waals surface area contributed by atoms with E-state index in [0.717, 1.165) is 0 Å². The Morgan fingerprint density at radius 2 is 1.88 bits per heavy atom. The van der Waals surface area contributed by atoms with Crippen molar-refractivity contribution in [1.29, 1.82) is 0 Å². The zero-order valence-corrected chi connectivity index (χ0v) is 14.3. The zero-order valence-electron chi connectivity index (χ0n) is 14.3. The van der Waals surface area contributed by atoms with Crippen molar-refractivity contribution in [2.75, 3.05) is 10.6 Å². The van der Waals surface area contributed by atoms with Crippen LogP contribution in [0.3, 0.4) is 0 Å². The van der Waals surface area contributed by atoms with Crippen molar-refractivity contribution in [3.8, 4) is 0 Å². The molecule has 0 aliphatic rings. The van der Waals surface area contributed by atoms with E-state index in [4.69, 9.17) is 9.26 Å². The highest BCUT2D eigenvalue weighted by Gasteiger charge is 2.18. The van der Waals surface area contributed by atoms with Gasteiger partial charge in [-0.2, -0.15) is 0 Å². The van der Waals surface area contributed by atoms with E-state index in [9.17, 15) is 9.59 Å². The third-order valence-electron chi connectivity index (χ3n) is 2.91. The summed E-state index contributed by atoms with van der Waals surface area (Å²) in [6, 6.07) is 3.18. The number of carbonyl (C=O) groups excluding carboxylic acids is 2. The summed E-state index contributed by atoms with van der Waals surface area (Å²) in [7, 11) is 0. The minimum absolute atomic E-state index is 0.319. The maximum Gasteiger partial charge on any atom is 0.413 e. The topological polar surface area (TPSA) is 106 Å². The highest BCUT2D eigenvalue weighted by Crippen LogP contribution is 2.16. The molecular weight excluding hydrogens is 312 g/mol. The minimum atomic E-state index is -0.595. The van der Waals surface area contributed by atoms with E-state index in [0.29, 0.717) is 28.5 Å². The van der Waals surface area contributed by atoms with Gasteiger partial charge in [0.2, 0.25) is 0 Å². The van der Waals surface area contributed by atoms with E-state index in [-0.39, 0.29) is 5.91 Å². The van der Waals surface area contributed by atoms with Crippen molar-refractivity contribution < 1.29 is 18.8 Å². The predicted molar refractivity (Wildman–Crippen MR) is 88.0 cm³/mol. The second kappa shape index (κ2) is 6.69. The number of rotatable bonds is 3. The van der Waals surface area contributed by atoms with E-state index in [2.05, 4.69) is 20.8 Å². The molecule has 0 bridgehead atoms. The van der Waals surface area contributed by atoms with E-state index in [1.165, 1.54) is 6.20 Å². The molecule has 0 fully saturated rings. The molecule has 0 radical (unpaired) electrons. The Labute approximate surface area is 139 Å². The van der Waals surface area contributed by atoms with Crippen molar-refractivity contribution in [3.05, 3.63) is 35.3 Å². The Morgan fingerprint density at radius 3 is 2.38 bits per heavy atom. The summed E-state index contributed by atoms with van der Waals surface area (Å²) in [6.45, 7) is 8.67. The van der Waals surface area contributed by atoms with Crippen LogP contribution in [-0.2, 0) is 4.74 Å². The molecular formula is C16H20N4O4. The molecule has 0 saturated heterocycles. The van der Waals surface area contributed by atoms with Crippen molar-refractivity contribution in [2.24, 2.45) is 0 Å². The van der Waals surface area contributed by atoms with Crippen LogP contribution in [0.5, 0.6) is 0 Å². The Hall–Kier alpha value is -2.90. The number of aryl methyl sites for hydroxylation is 2. The first-order valence-corrected chi connectivity index (χ1v) is 7.36. The molecule has 0 saturated carbocycles. The number of hydrogen-bond donors (Lipinski definition) is 2. The SMILES string of the molecule is Cc1noc(C)c1C(=O)Nc1ccc(NC(=O)OC(C)(C)C)nc1. The lowest BCUT2D eigenvalue weighted by molar-refractivity contribution is 0.0635. The normalized spacial score (nSPS) is 11.0. The van der Waals surface area contributed by atoms with Gasteiger partial charge in [-0.15, -0.1) is 0 Å². The molecule has 0 aliphatic heterocycles. The second-order valence-electron chi connectivity index (χ2n) is 6.21. The average Bonchev–Trinajstić information content (AvgIpc) is 2.78. The molecule has 0 aromatic carbocycles. The van der Waals surface area contributed by atoms with Gasteiger partial charge in [0.15, 0.2) is 0 Å². The summed E-state index contributed by atoms with van der Waals surface area (Å²) in [4.78, 5) is 27.9. The number of nitrogens with one attached hydrogen (secondary N) is 2. The summed E-state index contributed by atoms with van der Waals surface area (Å²) in [6.07, 6.45) is 0.838. The van der Waals surface area contributed by atoms with Gasteiger partial charge in [0.05, 0.1) is 17.6 Å². The number of ether oxygens (including phenoxy) is 1. The number of anilines is 2. The van der Waals surface area contributed by atoms with E-state index >= 15 is 0 Å². The van der Waals surface area contributed by atoms with Gasteiger partial charge in [0, 0.05) is 0 Å². The standard InChI is InChI=1S/C16H20N4O4/c1-9-13(10(2)24-20-9)14(21)18-11-6-7-12(17-8-11)19-15(22)23-16(3,4)5/h6-8H,1-5H3,(H,18,21)(H,17,19,22). The van der Waals surface area contributed by atoms with Crippen LogP contribution in [0.15, 0.2) is 22.9 Å². The summed E-state index contributed by atoms with van der Waals surface area (Å²) in [5, 5.41) is 8.96. The summed E-state index contributed by atoms with van der Waals surface area (Å²) >= 11 is 0. The van der Waals surface area contributed by atoms with Crippen molar-refractivity contribution in [1.82, 2.24) is 10.1 Å². The summed E-state index contributed by atoms with van der Waals surface area (Å²) in [5.74, 6) is 0.432. The Bertz CT molecular complexity index is 725. The fourth-order valence-electron chi connectivity index (χ4n) is 1.95. The third-order valence-corrected chi connectivity index (χ3v) is 2.91. The van der Waals surface area contributed by atoms with Crippen molar-refractivity contribution >= 4 is 23.5 Å². The summed E-state index contributed by atoms with van der Waals surface area (Å²) in [5.41, 5.74) is 0.800. The van der Waals surface area contributed by atoms with Gasteiger partial charge in [0.1, 0.15) is 22.7 Å². The quantitative estimate of drug-likeness (QED) is 0.893. The van der Waals surface area contributed by atoms with E-state index < -0.39 is 11.7 Å². The fraction of sp³-hybridized carbons (Fsp3) is 0.375. The van der Waals surface area contributed by atoms with Gasteiger partial charge < -0.3 is 14.6 Å². The van der Waals surface area contributed by atoms with Gasteiger partial charge in [0.25, 0.3) is 5.91 Å². The predicted octanol–water partition coefficient (Wildman–Crippen LogP) is 3.29. The molecule has 8 heteroatoms. The van der Waals surface area contributed by atoms with E-state index in [1.54, 1.807) is 46.8 Å². The third kappa shape index (κ3) is 4.55. The van der Waals surface area contributed by atoms with Crippen LogP contribution < -0.4 is 10.6 Å². The molecule has 2 amide bonds. The molecule has 8 nitrogen and oxygen atoms in total. The molecule has 24 heavy (non-hydrogen) atoms. The number of carbonyl (C=O) groups is 2. The molecule has 2 aromatic rings. The Balaban J connectivity index is 2.00. The van der Waals surface area contributed by atoms with Gasteiger partial charge in [-0.05, 0) is 46.8 Å². The summed E-state index contributed by atoms with van der Waals surface area (Å²) < 4.78 is 10.1. The molecule has 2 rings (SSSR count). The zero-order chi connectivity index (χ0) is 17.9. The lowest BCUT2D eigenvalue weighted by Gasteiger charge is -2.19. The molecule has 0 unspecified atom stereocenters. The smallest absolute Gasteiger partial charge is 0.413 e. The number of aromatic nitrogens is 2. The maximum atomic E-state index is 12.2. The Kier molecular flexibility index (Phi) is 4.87. The van der Waals surface area contributed by atoms with Gasteiger partial charge >= 0.3 is 6.09 Å². The fourth-order valence-corrected chi connectivity index (χ4v) is 1.95. The molecule has 2 aromatic heterocycles. The number of hydrogen-bond acceptors (Lipinski definition) is 6. The lowest BCUT2D eigenvalue weighted by atomic mass is 10.2. The Morgan fingerprint density at radius 1 is 1.17 bits per heavy atom. The van der Waals surface area contributed by atoms with E-state index in [1.807, 2.05) is 0 Å². The maximum absolute atomic E-state index is 12.2. The molecule has 2 heterocycles. The molecule has 128 valence electrons. The van der Waals surface area contributed by atoms with Crippen LogP contribution in [-0.4, -0.2) is 27.7 Å². The van der Waals surface area contributed by atoms with Crippen LogP contribution in [0, 0.1) is 13.8 Å². The van der Waals surface area contributed by atoms with Crippen molar-refractivity contribution in [2.45, 2.75) is 40.2 Å². The minimum Gasteiger partial charge on any atom is -0.444 e. The van der Waals surface area contributed by atoms with Crippen LogP contribution in [0.4, 0.5) is 16.3 Å². The highest BCUT2D eigenvalue weighted by molar-refractivity contribution is 6.05. The second-order valence-corrected chi connectivity index (χ2v) is 6.21. The van der Waals surface area contributed by atoms with Crippen LogP contribution in [0.1, 0.15) is 42.6 Å².